The summed E-state index contributed by atoms with van der Waals surface area (Å²) in [6.07, 6.45) is 0.414. The summed E-state index contributed by atoms with van der Waals surface area (Å²) >= 11 is 0. The Balaban J connectivity index is 2.44. The van der Waals surface area contributed by atoms with Gasteiger partial charge in [0, 0.05) is 0 Å². The molecule has 2 atom stereocenters. The lowest BCUT2D eigenvalue weighted by Crippen LogP contribution is -2.45. The Kier molecular flexibility index (Phi) is 6.73. The number of carbonyl (C=O) groups excluding carboxylic acids is 1. The average molecular weight is 279 g/mol. The summed E-state index contributed by atoms with van der Waals surface area (Å²) in [6.45, 7) is 3.81. The second-order valence-corrected chi connectivity index (χ2v) is 4.63. The Labute approximate surface area is 118 Å². The van der Waals surface area contributed by atoms with Gasteiger partial charge in [0.05, 0.1) is 6.61 Å². The van der Waals surface area contributed by atoms with E-state index in [-0.39, 0.29) is 0 Å². The number of nitrogens with one attached hydrogen (secondary N) is 1. The summed E-state index contributed by atoms with van der Waals surface area (Å²) in [4.78, 5) is 22.8. The number of carboxylic acid groups (broad SMARTS) is 1. The molecule has 5 heteroatoms. The molecule has 0 saturated heterocycles. The van der Waals surface area contributed by atoms with E-state index in [0.29, 0.717) is 19.4 Å². The van der Waals surface area contributed by atoms with Gasteiger partial charge in [-0.2, -0.15) is 0 Å². The number of hydrogen-bond donors (Lipinski definition) is 2. The van der Waals surface area contributed by atoms with E-state index in [1.54, 1.807) is 6.92 Å². The number of ether oxygens (including phenoxy) is 1. The summed E-state index contributed by atoms with van der Waals surface area (Å²) in [5, 5.41) is 11.5. The topological polar surface area (TPSA) is 75.6 Å². The molecule has 1 unspecified atom stereocenters. The van der Waals surface area contributed by atoms with Crippen LogP contribution >= 0.6 is 0 Å². The van der Waals surface area contributed by atoms with Gasteiger partial charge in [-0.05, 0) is 18.9 Å². The van der Waals surface area contributed by atoms with Crippen molar-refractivity contribution in [3.63, 3.8) is 0 Å². The molecule has 1 aromatic rings. The Hall–Kier alpha value is -1.88. The fraction of sp³-hybridized carbons (Fsp3) is 0.467. The maximum absolute atomic E-state index is 11.9. The Morgan fingerprint density at radius 1 is 1.30 bits per heavy atom. The van der Waals surface area contributed by atoms with Gasteiger partial charge in [-0.25, -0.2) is 4.79 Å². The van der Waals surface area contributed by atoms with Gasteiger partial charge in [-0.1, -0.05) is 43.7 Å². The first kappa shape index (κ1) is 16.2. The summed E-state index contributed by atoms with van der Waals surface area (Å²) in [5.41, 5.74) is 0.968. The van der Waals surface area contributed by atoms with E-state index in [0.717, 1.165) is 5.56 Å². The number of carboxylic acids is 1. The SMILES string of the molecule is CCC[C@@H](NC(=O)C(C)OCc1ccccc1)C(=O)O. The van der Waals surface area contributed by atoms with Gasteiger partial charge >= 0.3 is 5.97 Å². The van der Waals surface area contributed by atoms with E-state index in [1.165, 1.54) is 0 Å². The zero-order chi connectivity index (χ0) is 15.0. The zero-order valence-corrected chi connectivity index (χ0v) is 11.8. The minimum atomic E-state index is -1.02. The fourth-order valence-electron chi connectivity index (χ4n) is 1.71. The van der Waals surface area contributed by atoms with E-state index in [9.17, 15) is 9.59 Å². The van der Waals surface area contributed by atoms with Crippen molar-refractivity contribution in [2.75, 3.05) is 0 Å². The minimum absolute atomic E-state index is 0.320. The van der Waals surface area contributed by atoms with Crippen LogP contribution in [0.1, 0.15) is 32.3 Å². The van der Waals surface area contributed by atoms with Gasteiger partial charge in [0.15, 0.2) is 0 Å². The molecule has 0 aliphatic carbocycles. The van der Waals surface area contributed by atoms with Crippen LogP contribution in [0.2, 0.25) is 0 Å². The van der Waals surface area contributed by atoms with Crippen LogP contribution in [-0.2, 0) is 20.9 Å². The highest BCUT2D eigenvalue weighted by Gasteiger charge is 2.22. The molecule has 0 bridgehead atoms. The van der Waals surface area contributed by atoms with Crippen molar-refractivity contribution in [3.05, 3.63) is 35.9 Å². The highest BCUT2D eigenvalue weighted by Crippen LogP contribution is 2.04. The second kappa shape index (κ2) is 8.32. The maximum atomic E-state index is 11.9. The monoisotopic (exact) mass is 279 g/mol. The average Bonchev–Trinajstić information content (AvgIpc) is 2.45. The molecule has 0 spiro atoms. The Morgan fingerprint density at radius 3 is 2.50 bits per heavy atom. The van der Waals surface area contributed by atoms with Crippen LogP contribution in [0, 0.1) is 0 Å². The zero-order valence-electron chi connectivity index (χ0n) is 11.8. The largest absolute Gasteiger partial charge is 0.480 e. The number of benzene rings is 1. The molecule has 0 radical (unpaired) electrons. The number of aliphatic carboxylic acids is 1. The molecule has 1 rings (SSSR count). The third-order valence-corrected chi connectivity index (χ3v) is 2.90. The molecular weight excluding hydrogens is 258 g/mol. The molecule has 0 aromatic heterocycles. The third-order valence-electron chi connectivity index (χ3n) is 2.90. The lowest BCUT2D eigenvalue weighted by Gasteiger charge is -2.17. The van der Waals surface area contributed by atoms with Crippen LogP contribution in [0.25, 0.3) is 0 Å². The predicted molar refractivity (Wildman–Crippen MR) is 75.2 cm³/mol. The quantitative estimate of drug-likeness (QED) is 0.762. The second-order valence-electron chi connectivity index (χ2n) is 4.63. The summed E-state index contributed by atoms with van der Waals surface area (Å²) in [6, 6.07) is 8.65. The molecule has 20 heavy (non-hydrogen) atoms. The van der Waals surface area contributed by atoms with Gasteiger partial charge in [0.1, 0.15) is 12.1 Å². The van der Waals surface area contributed by atoms with Crippen molar-refractivity contribution in [2.45, 2.75) is 45.4 Å². The minimum Gasteiger partial charge on any atom is -0.480 e. The molecule has 0 saturated carbocycles. The van der Waals surface area contributed by atoms with Crippen molar-refractivity contribution < 1.29 is 19.4 Å². The first-order valence-corrected chi connectivity index (χ1v) is 6.73. The molecule has 0 fully saturated rings. The fourth-order valence-corrected chi connectivity index (χ4v) is 1.71. The summed E-state index contributed by atoms with van der Waals surface area (Å²) in [7, 11) is 0. The lowest BCUT2D eigenvalue weighted by molar-refractivity contribution is -0.144. The molecule has 5 nitrogen and oxygen atoms in total. The van der Waals surface area contributed by atoms with E-state index in [2.05, 4.69) is 5.32 Å². The van der Waals surface area contributed by atoms with E-state index < -0.39 is 24.0 Å². The van der Waals surface area contributed by atoms with Crippen LogP contribution in [0.4, 0.5) is 0 Å². The number of hydrogen-bond acceptors (Lipinski definition) is 3. The summed E-state index contributed by atoms with van der Waals surface area (Å²) in [5.74, 6) is -1.42. The molecule has 110 valence electrons. The molecule has 2 N–H and O–H groups in total. The van der Waals surface area contributed by atoms with Crippen LogP contribution in [-0.4, -0.2) is 29.1 Å². The molecule has 1 aromatic carbocycles. The van der Waals surface area contributed by atoms with Crippen LogP contribution < -0.4 is 5.32 Å². The van der Waals surface area contributed by atoms with Crippen molar-refractivity contribution >= 4 is 11.9 Å². The first-order valence-electron chi connectivity index (χ1n) is 6.73. The van der Waals surface area contributed by atoms with Crippen LogP contribution in [0.3, 0.4) is 0 Å². The van der Waals surface area contributed by atoms with Gasteiger partial charge in [-0.3, -0.25) is 4.79 Å². The third kappa shape index (κ3) is 5.40. The highest BCUT2D eigenvalue weighted by molar-refractivity contribution is 5.86. The molecular formula is C15H21NO4. The molecule has 0 aliphatic heterocycles. The van der Waals surface area contributed by atoms with Gasteiger partial charge < -0.3 is 15.2 Å². The van der Waals surface area contributed by atoms with Crippen molar-refractivity contribution in [2.24, 2.45) is 0 Å². The van der Waals surface area contributed by atoms with Crippen LogP contribution in [0.15, 0.2) is 30.3 Å². The van der Waals surface area contributed by atoms with Gasteiger partial charge in [0.2, 0.25) is 5.91 Å². The van der Waals surface area contributed by atoms with Crippen LogP contribution in [0.5, 0.6) is 0 Å². The standard InChI is InChI=1S/C15H21NO4/c1-3-7-13(15(18)19)16-14(17)11(2)20-10-12-8-5-4-6-9-12/h4-6,8-9,11,13H,3,7,10H2,1-2H3,(H,16,17)(H,18,19)/t11?,13-/m1/s1. The Bertz CT molecular complexity index is 433. The molecule has 0 heterocycles. The van der Waals surface area contributed by atoms with Crippen molar-refractivity contribution in [1.29, 1.82) is 0 Å². The predicted octanol–water partition coefficient (Wildman–Crippen LogP) is 1.96. The molecule has 1 amide bonds. The highest BCUT2D eigenvalue weighted by atomic mass is 16.5. The van der Waals surface area contributed by atoms with Crippen molar-refractivity contribution in [3.8, 4) is 0 Å². The maximum Gasteiger partial charge on any atom is 0.326 e. The van der Waals surface area contributed by atoms with E-state index in [1.807, 2.05) is 37.3 Å². The number of amides is 1. The van der Waals surface area contributed by atoms with Crippen molar-refractivity contribution in [1.82, 2.24) is 5.32 Å². The van der Waals surface area contributed by atoms with E-state index in [4.69, 9.17) is 9.84 Å². The van der Waals surface area contributed by atoms with E-state index >= 15 is 0 Å². The Morgan fingerprint density at radius 2 is 1.95 bits per heavy atom. The number of carbonyl (C=O) groups is 2. The lowest BCUT2D eigenvalue weighted by atomic mass is 10.1. The number of rotatable bonds is 8. The first-order chi connectivity index (χ1) is 9.54. The van der Waals surface area contributed by atoms with Gasteiger partial charge in [-0.15, -0.1) is 0 Å². The summed E-state index contributed by atoms with van der Waals surface area (Å²) < 4.78 is 5.44. The molecule has 0 aliphatic rings. The smallest absolute Gasteiger partial charge is 0.326 e. The van der Waals surface area contributed by atoms with Gasteiger partial charge in [0.25, 0.3) is 0 Å². The normalized spacial score (nSPS) is 13.5.